The van der Waals surface area contributed by atoms with Crippen LogP contribution in [0.3, 0.4) is 0 Å². The highest BCUT2D eigenvalue weighted by molar-refractivity contribution is 5.79. The largest absolute Gasteiger partial charge is 0.385 e. The molecule has 0 spiro atoms. The van der Waals surface area contributed by atoms with Crippen molar-refractivity contribution < 1.29 is 9.53 Å². The summed E-state index contributed by atoms with van der Waals surface area (Å²) in [7, 11) is 1.71. The molecule has 1 N–H and O–H groups in total. The molecule has 1 fully saturated rings. The van der Waals surface area contributed by atoms with Crippen LogP contribution in [0.1, 0.15) is 20.3 Å². The summed E-state index contributed by atoms with van der Waals surface area (Å²) in [5.41, 5.74) is 0.142. The zero-order valence-electron chi connectivity index (χ0n) is 10.0. The monoisotopic (exact) mass is 214 g/mol. The molecule has 0 aromatic rings. The third-order valence-electron chi connectivity index (χ3n) is 2.79. The average molecular weight is 214 g/mol. The van der Waals surface area contributed by atoms with Crippen LogP contribution in [0.15, 0.2) is 0 Å². The van der Waals surface area contributed by atoms with Crippen LogP contribution in [0.5, 0.6) is 0 Å². The van der Waals surface area contributed by atoms with E-state index >= 15 is 0 Å². The summed E-state index contributed by atoms with van der Waals surface area (Å²) in [5.74, 6) is 0.215. The van der Waals surface area contributed by atoms with E-state index in [1.807, 2.05) is 4.90 Å². The number of nitrogens with zero attached hydrogens (tertiary/aromatic N) is 1. The first-order valence-electron chi connectivity index (χ1n) is 5.52. The van der Waals surface area contributed by atoms with Crippen LogP contribution in [-0.4, -0.2) is 50.7 Å². The first kappa shape index (κ1) is 12.5. The van der Waals surface area contributed by atoms with Gasteiger partial charge >= 0.3 is 0 Å². The number of hydrogen-bond donors (Lipinski definition) is 1. The molecule has 1 aliphatic rings. The molecule has 0 aromatic heterocycles. The number of nitrogens with one attached hydrogen (secondary N) is 1. The summed E-state index contributed by atoms with van der Waals surface area (Å²) in [6, 6.07) is 0. The van der Waals surface area contributed by atoms with Crippen molar-refractivity contribution in [2.75, 3.05) is 39.9 Å². The number of piperazine rings is 1. The minimum absolute atomic E-state index is 0.142. The van der Waals surface area contributed by atoms with Crippen molar-refractivity contribution in [3.63, 3.8) is 0 Å². The summed E-state index contributed by atoms with van der Waals surface area (Å²) in [4.78, 5) is 13.5. The molecule has 1 heterocycles. The lowest BCUT2D eigenvalue weighted by Crippen LogP contribution is -2.51. The highest BCUT2D eigenvalue weighted by Crippen LogP contribution is 2.22. The molecule has 0 unspecified atom stereocenters. The Kier molecular flexibility index (Phi) is 4.54. The van der Waals surface area contributed by atoms with E-state index in [4.69, 9.17) is 4.74 Å². The van der Waals surface area contributed by atoms with Gasteiger partial charge in [0.25, 0.3) is 0 Å². The molecule has 1 amide bonds. The summed E-state index contributed by atoms with van der Waals surface area (Å²) in [6.07, 6.45) is 0.987. The molecule has 1 saturated heterocycles. The number of rotatable bonds is 5. The summed E-state index contributed by atoms with van der Waals surface area (Å²) in [6.45, 7) is 8.18. The van der Waals surface area contributed by atoms with Crippen LogP contribution in [-0.2, 0) is 9.53 Å². The van der Waals surface area contributed by atoms with Crippen LogP contribution < -0.4 is 5.32 Å². The number of carbonyl (C=O) groups is 1. The van der Waals surface area contributed by atoms with E-state index in [0.717, 1.165) is 32.7 Å². The van der Waals surface area contributed by atoms with E-state index in [0.29, 0.717) is 6.54 Å². The highest BCUT2D eigenvalue weighted by Gasteiger charge is 2.26. The molecule has 4 heteroatoms. The third-order valence-corrected chi connectivity index (χ3v) is 2.79. The minimum Gasteiger partial charge on any atom is -0.385 e. The maximum Gasteiger partial charge on any atom is 0.236 e. The molecule has 88 valence electrons. The molecule has 0 saturated carbocycles. The van der Waals surface area contributed by atoms with Gasteiger partial charge in [-0.05, 0) is 11.8 Å². The molecular weight excluding hydrogens is 192 g/mol. The number of carbonyl (C=O) groups excluding carboxylic acids is 1. The Balaban J connectivity index is 2.40. The molecule has 0 bridgehead atoms. The van der Waals surface area contributed by atoms with Gasteiger partial charge in [-0.2, -0.15) is 0 Å². The zero-order chi connectivity index (χ0) is 11.3. The van der Waals surface area contributed by atoms with E-state index in [9.17, 15) is 4.79 Å². The number of ether oxygens (including phenoxy) is 1. The molecule has 0 aliphatic carbocycles. The van der Waals surface area contributed by atoms with Crippen molar-refractivity contribution in [2.45, 2.75) is 20.3 Å². The summed E-state index contributed by atoms with van der Waals surface area (Å²) in [5, 5.41) is 3.08. The van der Waals surface area contributed by atoms with Gasteiger partial charge in [0, 0.05) is 33.4 Å². The normalized spacial score (nSPS) is 18.3. The molecule has 4 nitrogen and oxygen atoms in total. The second-order valence-electron chi connectivity index (χ2n) is 4.90. The Morgan fingerprint density at radius 2 is 2.27 bits per heavy atom. The zero-order valence-corrected chi connectivity index (χ0v) is 10.0. The second kappa shape index (κ2) is 5.47. The second-order valence-corrected chi connectivity index (χ2v) is 4.90. The first-order chi connectivity index (χ1) is 7.05. The molecule has 0 radical (unpaired) electrons. The maximum absolute atomic E-state index is 11.6. The van der Waals surface area contributed by atoms with Gasteiger partial charge in [-0.25, -0.2) is 0 Å². The lowest BCUT2D eigenvalue weighted by Gasteiger charge is -2.35. The summed E-state index contributed by atoms with van der Waals surface area (Å²) >= 11 is 0. The molecule has 0 atom stereocenters. The van der Waals surface area contributed by atoms with Crippen LogP contribution in [0.4, 0.5) is 0 Å². The molecule has 1 aliphatic heterocycles. The van der Waals surface area contributed by atoms with Crippen LogP contribution >= 0.6 is 0 Å². The Bertz CT molecular complexity index is 217. The predicted octanol–water partition coefficient (Wildman–Crippen LogP) is 0.481. The lowest BCUT2D eigenvalue weighted by atomic mass is 9.89. The van der Waals surface area contributed by atoms with E-state index in [1.54, 1.807) is 7.11 Å². The Morgan fingerprint density at radius 3 is 2.87 bits per heavy atom. The van der Waals surface area contributed by atoms with Crippen molar-refractivity contribution in [2.24, 2.45) is 5.41 Å². The Labute approximate surface area is 92.0 Å². The van der Waals surface area contributed by atoms with Crippen molar-refractivity contribution in [1.82, 2.24) is 10.2 Å². The van der Waals surface area contributed by atoms with E-state index in [-0.39, 0.29) is 11.3 Å². The van der Waals surface area contributed by atoms with Crippen molar-refractivity contribution >= 4 is 5.91 Å². The number of methoxy groups -OCH3 is 1. The highest BCUT2D eigenvalue weighted by atomic mass is 16.5. The van der Waals surface area contributed by atoms with Gasteiger partial charge in [0.1, 0.15) is 0 Å². The fraction of sp³-hybridized carbons (Fsp3) is 0.909. The smallest absolute Gasteiger partial charge is 0.236 e. The number of hydrogen-bond acceptors (Lipinski definition) is 3. The lowest BCUT2D eigenvalue weighted by molar-refractivity contribution is -0.133. The first-order valence-corrected chi connectivity index (χ1v) is 5.52. The van der Waals surface area contributed by atoms with Crippen LogP contribution in [0.2, 0.25) is 0 Å². The molecule has 1 rings (SSSR count). The standard InChI is InChI=1S/C11H22N2O2/c1-11(2,4-7-15-3)9-13-6-5-12-8-10(13)14/h12H,4-9H2,1-3H3. The Hall–Kier alpha value is -0.610. The van der Waals surface area contributed by atoms with E-state index in [2.05, 4.69) is 19.2 Å². The average Bonchev–Trinajstić information content (AvgIpc) is 2.18. The van der Waals surface area contributed by atoms with Crippen LogP contribution in [0, 0.1) is 5.41 Å². The van der Waals surface area contributed by atoms with Gasteiger partial charge in [-0.15, -0.1) is 0 Å². The SMILES string of the molecule is COCCC(C)(C)CN1CCNCC1=O. The van der Waals surface area contributed by atoms with Gasteiger partial charge < -0.3 is 15.0 Å². The topological polar surface area (TPSA) is 41.6 Å². The van der Waals surface area contributed by atoms with Gasteiger partial charge in [0.2, 0.25) is 5.91 Å². The minimum atomic E-state index is 0.142. The quantitative estimate of drug-likeness (QED) is 0.724. The molecular formula is C11H22N2O2. The third kappa shape index (κ3) is 4.18. The fourth-order valence-corrected chi connectivity index (χ4v) is 1.79. The maximum atomic E-state index is 11.6. The predicted molar refractivity (Wildman–Crippen MR) is 59.7 cm³/mol. The van der Waals surface area contributed by atoms with Gasteiger partial charge in [0.05, 0.1) is 6.54 Å². The molecule has 15 heavy (non-hydrogen) atoms. The van der Waals surface area contributed by atoms with E-state index < -0.39 is 0 Å². The van der Waals surface area contributed by atoms with Gasteiger partial charge in [-0.1, -0.05) is 13.8 Å². The van der Waals surface area contributed by atoms with Crippen LogP contribution in [0.25, 0.3) is 0 Å². The fourth-order valence-electron chi connectivity index (χ4n) is 1.79. The van der Waals surface area contributed by atoms with Crippen molar-refractivity contribution in [3.05, 3.63) is 0 Å². The van der Waals surface area contributed by atoms with Crippen molar-refractivity contribution in [1.29, 1.82) is 0 Å². The van der Waals surface area contributed by atoms with E-state index in [1.165, 1.54) is 0 Å². The number of amides is 1. The van der Waals surface area contributed by atoms with Crippen molar-refractivity contribution in [3.8, 4) is 0 Å². The summed E-state index contributed by atoms with van der Waals surface area (Å²) < 4.78 is 5.08. The Morgan fingerprint density at radius 1 is 1.53 bits per heavy atom. The van der Waals surface area contributed by atoms with Gasteiger partial charge in [-0.3, -0.25) is 4.79 Å². The molecule has 0 aromatic carbocycles. The van der Waals surface area contributed by atoms with Gasteiger partial charge in [0.15, 0.2) is 0 Å².